The lowest BCUT2D eigenvalue weighted by Crippen LogP contribution is -2.40. The average Bonchev–Trinajstić information content (AvgIpc) is 2.80. The number of rotatable bonds is 4. The molecular weight excluding hydrogens is 246 g/mol. The zero-order chi connectivity index (χ0) is 14.0. The normalized spacial score (nSPS) is 12.3. The molecule has 0 fully saturated rings. The van der Waals surface area contributed by atoms with E-state index in [1.165, 1.54) is 0 Å². The fraction of sp³-hybridized carbons (Fsp3) is 0.308. The first-order valence-electron chi connectivity index (χ1n) is 6.01. The van der Waals surface area contributed by atoms with Crippen LogP contribution in [-0.2, 0) is 4.79 Å². The summed E-state index contributed by atoms with van der Waals surface area (Å²) >= 11 is 0. The number of hydrogen-bond acceptors (Lipinski definition) is 3. The summed E-state index contributed by atoms with van der Waals surface area (Å²) in [7, 11) is 0. The minimum atomic E-state index is -1.05. The summed E-state index contributed by atoms with van der Waals surface area (Å²) in [5, 5.41) is 11.4. The first-order chi connectivity index (χ1) is 9.02. The molecule has 1 atom stereocenters. The minimum absolute atomic E-state index is 0.217. The molecule has 6 nitrogen and oxygen atoms in total. The Balaban J connectivity index is 2.27. The molecule has 2 aromatic heterocycles. The van der Waals surface area contributed by atoms with Crippen molar-refractivity contribution in [2.75, 3.05) is 0 Å². The Labute approximate surface area is 110 Å². The molecule has 0 unspecified atom stereocenters. The first-order valence-corrected chi connectivity index (χ1v) is 6.01. The molecule has 2 N–H and O–H groups in total. The van der Waals surface area contributed by atoms with E-state index in [4.69, 9.17) is 5.11 Å². The standard InChI is InChI=1S/C13H15N3O3/c1-3-9(13(18)19)15-12(17)10-7-16-8(2)5-4-6-11(16)14-10/h4-7,9H,3H2,1-2H3,(H,15,17)(H,18,19)/t9-/m0/s1. The molecule has 0 aliphatic heterocycles. The number of aryl methyl sites for hydroxylation is 1. The summed E-state index contributed by atoms with van der Waals surface area (Å²) in [5.41, 5.74) is 1.83. The molecule has 0 spiro atoms. The van der Waals surface area contributed by atoms with Gasteiger partial charge in [-0.3, -0.25) is 4.79 Å². The number of carboxylic acid groups (broad SMARTS) is 1. The Morgan fingerprint density at radius 1 is 1.47 bits per heavy atom. The number of carbonyl (C=O) groups excluding carboxylic acids is 1. The van der Waals surface area contributed by atoms with Crippen LogP contribution in [0.1, 0.15) is 29.5 Å². The molecule has 6 heteroatoms. The summed E-state index contributed by atoms with van der Waals surface area (Å²) in [6, 6.07) is 4.66. The van der Waals surface area contributed by atoms with Crippen LogP contribution in [-0.4, -0.2) is 32.4 Å². The number of nitrogens with one attached hydrogen (secondary N) is 1. The molecule has 0 aromatic carbocycles. The van der Waals surface area contributed by atoms with Gasteiger partial charge in [-0.15, -0.1) is 0 Å². The second kappa shape index (κ2) is 5.09. The van der Waals surface area contributed by atoms with Crippen LogP contribution >= 0.6 is 0 Å². The van der Waals surface area contributed by atoms with Gasteiger partial charge < -0.3 is 14.8 Å². The van der Waals surface area contributed by atoms with E-state index in [9.17, 15) is 9.59 Å². The van der Waals surface area contributed by atoms with E-state index in [0.29, 0.717) is 12.1 Å². The van der Waals surface area contributed by atoms with Gasteiger partial charge in [0.05, 0.1) is 0 Å². The highest BCUT2D eigenvalue weighted by molar-refractivity contribution is 5.95. The SMILES string of the molecule is CC[C@H](NC(=O)c1cn2c(C)cccc2n1)C(=O)O. The van der Waals surface area contributed by atoms with E-state index in [2.05, 4.69) is 10.3 Å². The van der Waals surface area contributed by atoms with Gasteiger partial charge in [0.15, 0.2) is 0 Å². The third-order valence-corrected chi connectivity index (χ3v) is 2.94. The minimum Gasteiger partial charge on any atom is -0.480 e. The molecule has 0 saturated heterocycles. The van der Waals surface area contributed by atoms with E-state index in [-0.39, 0.29) is 5.69 Å². The molecule has 2 heterocycles. The maximum Gasteiger partial charge on any atom is 0.326 e. The number of nitrogens with zero attached hydrogens (tertiary/aromatic N) is 2. The van der Waals surface area contributed by atoms with Crippen molar-refractivity contribution < 1.29 is 14.7 Å². The van der Waals surface area contributed by atoms with Crippen LogP contribution in [0.3, 0.4) is 0 Å². The predicted octanol–water partition coefficient (Wildman–Crippen LogP) is 1.24. The molecule has 0 radical (unpaired) electrons. The van der Waals surface area contributed by atoms with E-state index in [0.717, 1.165) is 5.69 Å². The highest BCUT2D eigenvalue weighted by atomic mass is 16.4. The second-order valence-corrected chi connectivity index (χ2v) is 4.29. The van der Waals surface area contributed by atoms with Crippen LogP contribution in [0.25, 0.3) is 5.65 Å². The van der Waals surface area contributed by atoms with E-state index < -0.39 is 17.9 Å². The Hall–Kier alpha value is -2.37. The van der Waals surface area contributed by atoms with Crippen molar-refractivity contribution in [3.05, 3.63) is 35.8 Å². The monoisotopic (exact) mass is 261 g/mol. The molecule has 0 saturated carbocycles. The fourth-order valence-electron chi connectivity index (χ4n) is 1.83. The van der Waals surface area contributed by atoms with Crippen LogP contribution in [0.15, 0.2) is 24.4 Å². The van der Waals surface area contributed by atoms with Crippen LogP contribution < -0.4 is 5.32 Å². The molecular formula is C13H15N3O3. The zero-order valence-corrected chi connectivity index (χ0v) is 10.8. The maximum absolute atomic E-state index is 11.9. The maximum atomic E-state index is 11.9. The number of aliphatic carboxylic acids is 1. The smallest absolute Gasteiger partial charge is 0.326 e. The number of hydrogen-bond donors (Lipinski definition) is 2. The summed E-state index contributed by atoms with van der Waals surface area (Å²) in [4.78, 5) is 27.0. The molecule has 0 aliphatic rings. The predicted molar refractivity (Wildman–Crippen MR) is 69.1 cm³/mol. The highest BCUT2D eigenvalue weighted by Crippen LogP contribution is 2.08. The van der Waals surface area contributed by atoms with E-state index in [1.807, 2.05) is 19.1 Å². The van der Waals surface area contributed by atoms with Gasteiger partial charge in [0.25, 0.3) is 5.91 Å². The Kier molecular flexibility index (Phi) is 3.50. The number of carbonyl (C=O) groups is 2. The number of aromatic nitrogens is 2. The van der Waals surface area contributed by atoms with Crippen molar-refractivity contribution in [3.8, 4) is 0 Å². The quantitative estimate of drug-likeness (QED) is 0.867. The van der Waals surface area contributed by atoms with Gasteiger partial charge in [-0.25, -0.2) is 9.78 Å². The van der Waals surface area contributed by atoms with Crippen molar-refractivity contribution in [2.45, 2.75) is 26.3 Å². The molecule has 0 bridgehead atoms. The summed E-state index contributed by atoms with van der Waals surface area (Å²) in [5.74, 6) is -1.52. The second-order valence-electron chi connectivity index (χ2n) is 4.29. The zero-order valence-electron chi connectivity index (χ0n) is 10.8. The Morgan fingerprint density at radius 2 is 2.21 bits per heavy atom. The summed E-state index contributed by atoms with van der Waals surface area (Å²) in [6.07, 6.45) is 1.93. The van der Waals surface area contributed by atoms with Gasteiger partial charge in [0.2, 0.25) is 0 Å². The van der Waals surface area contributed by atoms with Gasteiger partial charge in [-0.05, 0) is 25.5 Å². The van der Waals surface area contributed by atoms with Crippen molar-refractivity contribution in [3.63, 3.8) is 0 Å². The molecule has 2 rings (SSSR count). The molecule has 1 amide bonds. The van der Waals surface area contributed by atoms with Gasteiger partial charge in [-0.2, -0.15) is 0 Å². The lowest BCUT2D eigenvalue weighted by atomic mass is 10.2. The van der Waals surface area contributed by atoms with E-state index >= 15 is 0 Å². The van der Waals surface area contributed by atoms with Crippen LogP contribution in [0, 0.1) is 6.92 Å². The molecule has 19 heavy (non-hydrogen) atoms. The molecule has 100 valence electrons. The van der Waals surface area contributed by atoms with E-state index in [1.54, 1.807) is 23.6 Å². The number of amides is 1. The van der Waals surface area contributed by atoms with Gasteiger partial charge >= 0.3 is 5.97 Å². The Morgan fingerprint density at radius 3 is 2.79 bits per heavy atom. The Bertz CT molecular complexity index is 633. The number of fused-ring (bicyclic) bond motifs is 1. The van der Waals surface area contributed by atoms with Gasteiger partial charge in [0, 0.05) is 11.9 Å². The molecule has 2 aromatic rings. The summed E-state index contributed by atoms with van der Waals surface area (Å²) in [6.45, 7) is 3.61. The number of imidazole rings is 1. The number of carboxylic acids is 1. The summed E-state index contributed by atoms with van der Waals surface area (Å²) < 4.78 is 1.79. The lowest BCUT2D eigenvalue weighted by molar-refractivity contribution is -0.139. The average molecular weight is 261 g/mol. The van der Waals surface area contributed by atoms with Gasteiger partial charge in [-0.1, -0.05) is 13.0 Å². The third kappa shape index (κ3) is 2.57. The van der Waals surface area contributed by atoms with Crippen molar-refractivity contribution in [1.82, 2.24) is 14.7 Å². The fourth-order valence-corrected chi connectivity index (χ4v) is 1.83. The van der Waals surface area contributed by atoms with Crippen LogP contribution in [0.5, 0.6) is 0 Å². The van der Waals surface area contributed by atoms with Gasteiger partial charge in [0.1, 0.15) is 17.4 Å². The van der Waals surface area contributed by atoms with Crippen molar-refractivity contribution in [1.29, 1.82) is 0 Å². The highest BCUT2D eigenvalue weighted by Gasteiger charge is 2.20. The number of pyridine rings is 1. The van der Waals surface area contributed by atoms with Crippen molar-refractivity contribution in [2.24, 2.45) is 0 Å². The van der Waals surface area contributed by atoms with Crippen LogP contribution in [0.4, 0.5) is 0 Å². The van der Waals surface area contributed by atoms with Crippen molar-refractivity contribution >= 4 is 17.5 Å². The molecule has 0 aliphatic carbocycles. The topological polar surface area (TPSA) is 83.7 Å². The third-order valence-electron chi connectivity index (χ3n) is 2.94. The first kappa shape index (κ1) is 13.1. The largest absolute Gasteiger partial charge is 0.480 e. The van der Waals surface area contributed by atoms with Crippen LogP contribution in [0.2, 0.25) is 0 Å². The lowest BCUT2D eigenvalue weighted by Gasteiger charge is -2.10.